The van der Waals surface area contributed by atoms with Gasteiger partial charge in [0, 0.05) is 25.2 Å². The average molecular weight is 374 g/mol. The number of sulfonamides is 1. The van der Waals surface area contributed by atoms with Crippen LogP contribution in [0.3, 0.4) is 0 Å². The molecule has 0 amide bonds. The fourth-order valence-electron chi connectivity index (χ4n) is 3.13. The molecule has 0 spiro atoms. The number of rotatable bonds is 7. The second kappa shape index (κ2) is 7.88. The molecule has 0 atom stereocenters. The maximum Gasteiger partial charge on any atom is 0.303 e. The van der Waals surface area contributed by atoms with Gasteiger partial charge in [-0.2, -0.15) is 0 Å². The summed E-state index contributed by atoms with van der Waals surface area (Å²) in [5, 5.41) is 8.73. The molecule has 0 aliphatic carbocycles. The Balaban J connectivity index is 1.66. The van der Waals surface area contributed by atoms with Crippen molar-refractivity contribution in [1.29, 1.82) is 0 Å². The van der Waals surface area contributed by atoms with Crippen LogP contribution in [0, 0.1) is 0 Å². The van der Waals surface area contributed by atoms with Gasteiger partial charge in [0.25, 0.3) is 10.0 Å². The fraction of sp³-hybridized carbons (Fsp3) is 0.316. The minimum atomic E-state index is -3.59. The molecule has 26 heavy (non-hydrogen) atoms. The summed E-state index contributed by atoms with van der Waals surface area (Å²) in [5.74, 6) is -0.766. The number of nitrogens with one attached hydrogen (secondary N) is 1. The van der Waals surface area contributed by atoms with E-state index in [0.29, 0.717) is 12.1 Å². The lowest BCUT2D eigenvalue weighted by Crippen LogP contribution is -2.31. The number of hydrogen-bond acceptors (Lipinski definition) is 4. The van der Waals surface area contributed by atoms with Gasteiger partial charge in [0.05, 0.1) is 4.90 Å². The van der Waals surface area contributed by atoms with Crippen LogP contribution in [-0.2, 0) is 27.8 Å². The first-order valence-corrected chi connectivity index (χ1v) is 10.1. The van der Waals surface area contributed by atoms with Gasteiger partial charge in [0.15, 0.2) is 0 Å². The monoisotopic (exact) mass is 374 g/mol. The van der Waals surface area contributed by atoms with Crippen LogP contribution in [0.1, 0.15) is 24.0 Å². The van der Waals surface area contributed by atoms with Crippen LogP contribution < -0.4 is 4.72 Å². The highest BCUT2D eigenvalue weighted by Crippen LogP contribution is 2.24. The van der Waals surface area contributed by atoms with Gasteiger partial charge in [0.1, 0.15) is 0 Å². The number of carboxylic acid groups (broad SMARTS) is 1. The van der Waals surface area contributed by atoms with E-state index in [-0.39, 0.29) is 11.3 Å². The SMILES string of the molecule is O=C(O)CCCN1CCc2cc(NS(=O)(=O)c3ccccc3)ccc2C1. The highest BCUT2D eigenvalue weighted by molar-refractivity contribution is 7.92. The molecule has 1 heterocycles. The highest BCUT2D eigenvalue weighted by Gasteiger charge is 2.18. The molecule has 0 radical (unpaired) electrons. The second-order valence-corrected chi connectivity index (χ2v) is 8.11. The van der Waals surface area contributed by atoms with E-state index in [1.807, 2.05) is 12.1 Å². The Hall–Kier alpha value is -2.38. The molecule has 0 unspecified atom stereocenters. The summed E-state index contributed by atoms with van der Waals surface area (Å²) >= 11 is 0. The summed E-state index contributed by atoms with van der Waals surface area (Å²) in [6.07, 6.45) is 1.65. The van der Waals surface area contributed by atoms with E-state index in [4.69, 9.17) is 5.11 Å². The zero-order chi connectivity index (χ0) is 18.6. The van der Waals surface area contributed by atoms with Gasteiger partial charge in [-0.3, -0.25) is 14.4 Å². The minimum Gasteiger partial charge on any atom is -0.481 e. The maximum absolute atomic E-state index is 12.4. The van der Waals surface area contributed by atoms with Crippen LogP contribution in [-0.4, -0.2) is 37.5 Å². The molecule has 2 N–H and O–H groups in total. The first kappa shape index (κ1) is 18.4. The van der Waals surface area contributed by atoms with Crippen molar-refractivity contribution in [3.05, 3.63) is 59.7 Å². The van der Waals surface area contributed by atoms with E-state index in [1.165, 1.54) is 0 Å². The molecule has 0 fully saturated rings. The van der Waals surface area contributed by atoms with Crippen LogP contribution in [0.5, 0.6) is 0 Å². The Bertz CT molecular complexity index is 882. The Morgan fingerprint density at radius 2 is 1.88 bits per heavy atom. The maximum atomic E-state index is 12.4. The summed E-state index contributed by atoms with van der Waals surface area (Å²) in [6, 6.07) is 13.9. The molecule has 1 aliphatic rings. The number of benzene rings is 2. The second-order valence-electron chi connectivity index (χ2n) is 6.43. The van der Waals surface area contributed by atoms with Crippen molar-refractivity contribution in [3.63, 3.8) is 0 Å². The number of carbonyl (C=O) groups is 1. The number of nitrogens with zero attached hydrogens (tertiary/aromatic N) is 1. The van der Waals surface area contributed by atoms with E-state index in [1.54, 1.807) is 36.4 Å². The smallest absolute Gasteiger partial charge is 0.303 e. The third-order valence-corrected chi connectivity index (χ3v) is 5.87. The van der Waals surface area contributed by atoms with E-state index >= 15 is 0 Å². The van der Waals surface area contributed by atoms with E-state index in [0.717, 1.165) is 37.2 Å². The zero-order valence-electron chi connectivity index (χ0n) is 14.4. The van der Waals surface area contributed by atoms with Gasteiger partial charge in [-0.15, -0.1) is 0 Å². The number of anilines is 1. The third-order valence-electron chi connectivity index (χ3n) is 4.47. The molecular weight excluding hydrogens is 352 g/mol. The molecule has 0 bridgehead atoms. The van der Waals surface area contributed by atoms with Crippen LogP contribution >= 0.6 is 0 Å². The Morgan fingerprint density at radius 3 is 2.62 bits per heavy atom. The number of fused-ring (bicyclic) bond motifs is 1. The summed E-state index contributed by atoms with van der Waals surface area (Å²) in [5.41, 5.74) is 2.86. The lowest BCUT2D eigenvalue weighted by molar-refractivity contribution is -0.137. The number of hydrogen-bond donors (Lipinski definition) is 2. The Labute approximate surface area is 153 Å². The van der Waals surface area contributed by atoms with Gasteiger partial charge in [-0.05, 0) is 54.8 Å². The predicted octanol–water partition coefficient (Wildman–Crippen LogP) is 2.71. The third kappa shape index (κ3) is 4.62. The van der Waals surface area contributed by atoms with Gasteiger partial charge in [-0.25, -0.2) is 8.42 Å². The van der Waals surface area contributed by atoms with Crippen LogP contribution in [0.2, 0.25) is 0 Å². The topological polar surface area (TPSA) is 86.7 Å². The molecule has 6 nitrogen and oxygen atoms in total. The molecule has 0 saturated carbocycles. The molecule has 0 aromatic heterocycles. The molecule has 3 rings (SSSR count). The quantitative estimate of drug-likeness (QED) is 0.778. The Morgan fingerprint density at radius 1 is 1.12 bits per heavy atom. The lowest BCUT2D eigenvalue weighted by atomic mass is 9.99. The number of aliphatic carboxylic acids is 1. The van der Waals surface area contributed by atoms with Crippen molar-refractivity contribution in [2.45, 2.75) is 30.7 Å². The van der Waals surface area contributed by atoms with Gasteiger partial charge in [0.2, 0.25) is 0 Å². The summed E-state index contributed by atoms with van der Waals surface area (Å²) < 4.78 is 27.5. The average Bonchev–Trinajstić information content (AvgIpc) is 2.62. The molecular formula is C19H22N2O4S. The molecule has 7 heteroatoms. The van der Waals surface area contributed by atoms with Crippen molar-refractivity contribution < 1.29 is 18.3 Å². The fourth-order valence-corrected chi connectivity index (χ4v) is 4.20. The van der Waals surface area contributed by atoms with Crippen LogP contribution in [0.25, 0.3) is 0 Å². The predicted molar refractivity (Wildman–Crippen MR) is 99.5 cm³/mol. The molecule has 138 valence electrons. The molecule has 2 aromatic rings. The van der Waals surface area contributed by atoms with Gasteiger partial charge in [-0.1, -0.05) is 24.3 Å². The molecule has 0 saturated heterocycles. The highest BCUT2D eigenvalue weighted by atomic mass is 32.2. The first-order chi connectivity index (χ1) is 12.4. The minimum absolute atomic E-state index is 0.184. The standard InChI is InChI=1S/C19H22N2O4S/c22-19(23)7-4-11-21-12-10-15-13-17(9-8-16(15)14-21)20-26(24,25)18-5-2-1-3-6-18/h1-3,5-6,8-9,13,20H,4,7,10-12,14H2,(H,22,23). The molecule has 2 aromatic carbocycles. The Kier molecular flexibility index (Phi) is 5.58. The van der Waals surface area contributed by atoms with Gasteiger partial charge < -0.3 is 5.11 Å². The molecule has 1 aliphatic heterocycles. The van der Waals surface area contributed by atoms with E-state index in [9.17, 15) is 13.2 Å². The van der Waals surface area contributed by atoms with Crippen molar-refractivity contribution in [1.82, 2.24) is 4.90 Å². The van der Waals surface area contributed by atoms with Crippen molar-refractivity contribution >= 4 is 21.7 Å². The number of carboxylic acids is 1. The van der Waals surface area contributed by atoms with E-state index in [2.05, 4.69) is 9.62 Å². The summed E-state index contributed by atoms with van der Waals surface area (Å²) in [7, 11) is -3.59. The van der Waals surface area contributed by atoms with Crippen LogP contribution in [0.15, 0.2) is 53.4 Å². The van der Waals surface area contributed by atoms with Crippen LogP contribution in [0.4, 0.5) is 5.69 Å². The largest absolute Gasteiger partial charge is 0.481 e. The lowest BCUT2D eigenvalue weighted by Gasteiger charge is -2.29. The summed E-state index contributed by atoms with van der Waals surface area (Å²) in [6.45, 7) is 2.37. The van der Waals surface area contributed by atoms with Crippen molar-refractivity contribution in [2.75, 3.05) is 17.8 Å². The van der Waals surface area contributed by atoms with Gasteiger partial charge >= 0.3 is 5.97 Å². The van der Waals surface area contributed by atoms with Crippen molar-refractivity contribution in [2.24, 2.45) is 0 Å². The zero-order valence-corrected chi connectivity index (χ0v) is 15.2. The normalized spacial score (nSPS) is 14.6. The summed E-state index contributed by atoms with van der Waals surface area (Å²) in [4.78, 5) is 13.1. The van der Waals surface area contributed by atoms with E-state index < -0.39 is 16.0 Å². The van der Waals surface area contributed by atoms with Crippen molar-refractivity contribution in [3.8, 4) is 0 Å². The first-order valence-electron chi connectivity index (χ1n) is 8.58.